The number of ketones is 1. The number of carbonyl (C=O) groups is 2. The quantitative estimate of drug-likeness (QED) is 0.557. The minimum absolute atomic E-state index is 0.000782. The van der Waals surface area contributed by atoms with Crippen molar-refractivity contribution in [3.63, 3.8) is 0 Å². The van der Waals surface area contributed by atoms with E-state index in [9.17, 15) is 9.59 Å². The monoisotopic (exact) mass is 423 g/mol. The highest BCUT2D eigenvalue weighted by molar-refractivity contribution is 9.12. The van der Waals surface area contributed by atoms with Gasteiger partial charge in [0.2, 0.25) is 5.91 Å². The molecule has 0 spiro atoms. The topological polar surface area (TPSA) is 46.2 Å². The minimum Gasteiger partial charge on any atom is -0.325 e. The summed E-state index contributed by atoms with van der Waals surface area (Å²) in [5.41, 5.74) is 2.30. The summed E-state index contributed by atoms with van der Waals surface area (Å²) >= 11 is 6.97. The molecule has 5 heteroatoms. The summed E-state index contributed by atoms with van der Waals surface area (Å²) in [6.45, 7) is 1.51. The SMILES string of the molecule is CC(=O)c1ccc(NC(=O)C(Br)C(Br)c2ccccc2)cc1. The molecule has 3 nitrogen and oxygen atoms in total. The second-order valence-electron chi connectivity index (χ2n) is 4.84. The molecule has 0 fully saturated rings. The standard InChI is InChI=1S/C17H15Br2NO2/c1-11(21)12-7-9-14(10-8-12)20-17(22)16(19)15(18)13-5-3-2-4-6-13/h2-10,15-16H,1H3,(H,20,22). The summed E-state index contributed by atoms with van der Waals surface area (Å²) in [6, 6.07) is 16.6. The van der Waals surface area contributed by atoms with Gasteiger partial charge in [0, 0.05) is 11.3 Å². The maximum absolute atomic E-state index is 12.3. The van der Waals surface area contributed by atoms with Crippen LogP contribution in [0.25, 0.3) is 0 Å². The third kappa shape index (κ3) is 4.27. The molecule has 1 N–H and O–H groups in total. The largest absolute Gasteiger partial charge is 0.325 e. The van der Waals surface area contributed by atoms with Crippen LogP contribution >= 0.6 is 31.9 Å². The van der Waals surface area contributed by atoms with Crippen molar-refractivity contribution < 1.29 is 9.59 Å². The van der Waals surface area contributed by atoms with Crippen molar-refractivity contribution in [2.24, 2.45) is 0 Å². The molecule has 0 aliphatic carbocycles. The Balaban J connectivity index is 2.03. The Labute approximate surface area is 146 Å². The fraction of sp³-hybridized carbons (Fsp3) is 0.176. The highest BCUT2D eigenvalue weighted by Crippen LogP contribution is 2.31. The number of Topliss-reactive ketones (excluding diaryl/α,β-unsaturated/α-hetero) is 1. The fourth-order valence-corrected chi connectivity index (χ4v) is 2.90. The highest BCUT2D eigenvalue weighted by Gasteiger charge is 2.24. The van der Waals surface area contributed by atoms with Crippen molar-refractivity contribution in [1.82, 2.24) is 0 Å². The number of halogens is 2. The predicted octanol–water partition coefficient (Wildman–Crippen LogP) is 4.73. The van der Waals surface area contributed by atoms with E-state index in [1.165, 1.54) is 6.92 Å². The summed E-state index contributed by atoms with van der Waals surface area (Å²) in [5, 5.41) is 2.83. The molecule has 2 rings (SSSR count). The van der Waals surface area contributed by atoms with Crippen molar-refractivity contribution in [1.29, 1.82) is 0 Å². The second kappa shape index (κ2) is 7.70. The summed E-state index contributed by atoms with van der Waals surface area (Å²) in [6.07, 6.45) is 0. The normalized spacial score (nSPS) is 13.2. The smallest absolute Gasteiger partial charge is 0.239 e. The zero-order valence-corrected chi connectivity index (χ0v) is 15.1. The van der Waals surface area contributed by atoms with Gasteiger partial charge in [-0.25, -0.2) is 0 Å². The van der Waals surface area contributed by atoms with Crippen LogP contribution in [0.5, 0.6) is 0 Å². The number of amides is 1. The third-order valence-corrected chi connectivity index (χ3v) is 5.90. The first-order chi connectivity index (χ1) is 10.5. The number of benzene rings is 2. The molecule has 0 saturated carbocycles. The second-order valence-corrected chi connectivity index (χ2v) is 6.81. The van der Waals surface area contributed by atoms with Gasteiger partial charge in [-0.15, -0.1) is 0 Å². The van der Waals surface area contributed by atoms with Gasteiger partial charge in [0.1, 0.15) is 4.83 Å². The number of alkyl halides is 2. The molecule has 0 aliphatic heterocycles. The Morgan fingerprint density at radius 2 is 1.55 bits per heavy atom. The summed E-state index contributed by atoms with van der Waals surface area (Å²) < 4.78 is 0. The Morgan fingerprint density at radius 3 is 2.09 bits per heavy atom. The molecule has 0 radical (unpaired) electrons. The van der Waals surface area contributed by atoms with Crippen molar-refractivity contribution in [2.75, 3.05) is 5.32 Å². The maximum Gasteiger partial charge on any atom is 0.239 e. The van der Waals surface area contributed by atoms with Crippen LogP contribution in [0.4, 0.5) is 5.69 Å². The number of hydrogen-bond donors (Lipinski definition) is 1. The van der Waals surface area contributed by atoms with Gasteiger partial charge >= 0.3 is 0 Å². The Bertz CT molecular complexity index is 656. The van der Waals surface area contributed by atoms with Crippen LogP contribution in [-0.4, -0.2) is 16.5 Å². The Kier molecular flexibility index (Phi) is 5.91. The van der Waals surface area contributed by atoms with E-state index in [0.29, 0.717) is 11.3 Å². The van der Waals surface area contributed by atoms with Crippen LogP contribution in [0.2, 0.25) is 0 Å². The van der Waals surface area contributed by atoms with Gasteiger partial charge in [-0.1, -0.05) is 62.2 Å². The summed E-state index contributed by atoms with van der Waals surface area (Å²) in [7, 11) is 0. The third-order valence-electron chi connectivity index (χ3n) is 3.18. The van der Waals surface area contributed by atoms with E-state index in [4.69, 9.17) is 0 Å². The molecule has 0 heterocycles. The first-order valence-electron chi connectivity index (χ1n) is 6.74. The maximum atomic E-state index is 12.3. The van der Waals surface area contributed by atoms with E-state index in [-0.39, 0.29) is 16.5 Å². The molecular weight excluding hydrogens is 410 g/mol. The molecule has 2 unspecified atom stereocenters. The molecule has 2 aromatic carbocycles. The first kappa shape index (κ1) is 16.9. The lowest BCUT2D eigenvalue weighted by Crippen LogP contribution is -2.26. The molecule has 1 amide bonds. The van der Waals surface area contributed by atoms with Gasteiger partial charge in [-0.3, -0.25) is 9.59 Å². The van der Waals surface area contributed by atoms with Crippen molar-refractivity contribution in [3.8, 4) is 0 Å². The van der Waals surface area contributed by atoms with E-state index in [0.717, 1.165) is 5.56 Å². The van der Waals surface area contributed by atoms with Crippen molar-refractivity contribution in [3.05, 3.63) is 65.7 Å². The van der Waals surface area contributed by atoms with Gasteiger partial charge in [0.05, 0.1) is 4.83 Å². The number of carbonyl (C=O) groups excluding carboxylic acids is 2. The van der Waals surface area contributed by atoms with Crippen molar-refractivity contribution in [2.45, 2.75) is 16.6 Å². The van der Waals surface area contributed by atoms with Crippen LogP contribution in [0.3, 0.4) is 0 Å². The zero-order chi connectivity index (χ0) is 16.1. The van der Waals surface area contributed by atoms with Crippen LogP contribution in [0.1, 0.15) is 27.7 Å². The predicted molar refractivity (Wildman–Crippen MR) is 95.9 cm³/mol. The van der Waals surface area contributed by atoms with Gasteiger partial charge in [-0.2, -0.15) is 0 Å². The van der Waals surface area contributed by atoms with Gasteiger partial charge < -0.3 is 5.32 Å². The summed E-state index contributed by atoms with van der Waals surface area (Å²) in [4.78, 5) is 23.0. The molecular formula is C17H15Br2NO2. The Morgan fingerprint density at radius 1 is 0.955 bits per heavy atom. The van der Waals surface area contributed by atoms with Gasteiger partial charge in [0.25, 0.3) is 0 Å². The average molecular weight is 425 g/mol. The molecule has 114 valence electrons. The highest BCUT2D eigenvalue weighted by atomic mass is 79.9. The number of nitrogens with one attached hydrogen (secondary N) is 1. The lowest BCUT2D eigenvalue weighted by Gasteiger charge is -2.17. The molecule has 22 heavy (non-hydrogen) atoms. The van der Waals surface area contributed by atoms with E-state index < -0.39 is 4.83 Å². The van der Waals surface area contributed by atoms with E-state index in [1.807, 2.05) is 30.3 Å². The summed E-state index contributed by atoms with van der Waals surface area (Å²) in [5.74, 6) is -0.151. The van der Waals surface area contributed by atoms with E-state index in [1.54, 1.807) is 24.3 Å². The molecule has 2 aromatic rings. The number of anilines is 1. The molecule has 0 aromatic heterocycles. The van der Waals surface area contributed by atoms with Crippen molar-refractivity contribution >= 4 is 49.2 Å². The van der Waals surface area contributed by atoms with Crippen LogP contribution in [0.15, 0.2) is 54.6 Å². The Hall–Kier alpha value is -1.46. The lowest BCUT2D eigenvalue weighted by molar-refractivity contribution is -0.115. The lowest BCUT2D eigenvalue weighted by atomic mass is 10.1. The molecule has 2 atom stereocenters. The van der Waals surface area contributed by atoms with Gasteiger partial charge in [-0.05, 0) is 36.8 Å². The number of rotatable bonds is 5. The van der Waals surface area contributed by atoms with Crippen LogP contribution in [0, 0.1) is 0 Å². The van der Waals surface area contributed by atoms with E-state index in [2.05, 4.69) is 37.2 Å². The minimum atomic E-state index is -0.414. The van der Waals surface area contributed by atoms with E-state index >= 15 is 0 Å². The molecule has 0 bridgehead atoms. The fourth-order valence-electron chi connectivity index (χ4n) is 1.94. The van der Waals surface area contributed by atoms with Crippen LogP contribution < -0.4 is 5.32 Å². The molecule has 0 saturated heterocycles. The molecule has 0 aliphatic rings. The van der Waals surface area contributed by atoms with Gasteiger partial charge in [0.15, 0.2) is 5.78 Å². The number of hydrogen-bond acceptors (Lipinski definition) is 2. The zero-order valence-electron chi connectivity index (χ0n) is 11.9. The van der Waals surface area contributed by atoms with Crippen LogP contribution in [-0.2, 0) is 4.79 Å². The first-order valence-corrected chi connectivity index (χ1v) is 8.57. The average Bonchev–Trinajstić information content (AvgIpc) is 2.54.